The molecule has 0 aliphatic rings. The quantitative estimate of drug-likeness (QED) is 0.374. The van der Waals surface area contributed by atoms with Crippen molar-refractivity contribution in [2.45, 2.75) is 23.7 Å². The highest BCUT2D eigenvalue weighted by atomic mass is 32.2. The van der Waals surface area contributed by atoms with Crippen LogP contribution >= 0.6 is 24.4 Å². The summed E-state index contributed by atoms with van der Waals surface area (Å²) in [6, 6.07) is 0. The number of hydrogen-bond acceptors (Lipinski definition) is 3. The van der Waals surface area contributed by atoms with E-state index in [4.69, 9.17) is 0 Å². The Morgan fingerprint density at radius 3 is 2.25 bits per heavy atom. The standard InChI is InChI=1S/C5H10OS2/c1-4(2)8-5(7)3-6/h3-5,7H,1-2H3. The van der Waals surface area contributed by atoms with Gasteiger partial charge in [0.15, 0.2) is 0 Å². The van der Waals surface area contributed by atoms with Crippen LogP contribution < -0.4 is 0 Å². The Morgan fingerprint density at radius 2 is 2.12 bits per heavy atom. The maximum absolute atomic E-state index is 9.94. The van der Waals surface area contributed by atoms with Gasteiger partial charge in [-0.25, -0.2) is 0 Å². The molecule has 48 valence electrons. The summed E-state index contributed by atoms with van der Waals surface area (Å²) >= 11 is 5.51. The van der Waals surface area contributed by atoms with Crippen molar-refractivity contribution in [1.82, 2.24) is 0 Å². The number of carbonyl (C=O) groups excluding carboxylic acids is 1. The molecule has 1 unspecified atom stereocenters. The number of thioether (sulfide) groups is 1. The summed E-state index contributed by atoms with van der Waals surface area (Å²) in [4.78, 5) is 9.94. The minimum absolute atomic E-state index is 0.144. The second kappa shape index (κ2) is 4.27. The maximum atomic E-state index is 9.94. The molecule has 0 N–H and O–H groups in total. The van der Waals surface area contributed by atoms with E-state index in [2.05, 4.69) is 12.6 Å². The predicted octanol–water partition coefficient (Wildman–Crippen LogP) is 1.58. The second-order valence-electron chi connectivity index (χ2n) is 1.71. The Balaban J connectivity index is 3.23. The number of rotatable bonds is 3. The monoisotopic (exact) mass is 150 g/mol. The van der Waals surface area contributed by atoms with E-state index in [-0.39, 0.29) is 4.58 Å². The van der Waals surface area contributed by atoms with Gasteiger partial charge in [-0.1, -0.05) is 13.8 Å². The van der Waals surface area contributed by atoms with Gasteiger partial charge >= 0.3 is 0 Å². The minimum atomic E-state index is -0.144. The molecule has 0 saturated heterocycles. The molecule has 0 aromatic rings. The Labute approximate surface area is 59.6 Å². The Kier molecular flexibility index (Phi) is 4.47. The van der Waals surface area contributed by atoms with Gasteiger partial charge in [0.05, 0.1) is 0 Å². The van der Waals surface area contributed by atoms with Crippen LogP contribution in [-0.4, -0.2) is 16.1 Å². The zero-order valence-corrected chi connectivity index (χ0v) is 6.71. The lowest BCUT2D eigenvalue weighted by atomic mass is 10.6. The van der Waals surface area contributed by atoms with Crippen LogP contribution in [0.4, 0.5) is 0 Å². The van der Waals surface area contributed by atoms with E-state index < -0.39 is 0 Å². The molecule has 0 rings (SSSR count). The van der Waals surface area contributed by atoms with Gasteiger partial charge in [-0.3, -0.25) is 0 Å². The van der Waals surface area contributed by atoms with E-state index >= 15 is 0 Å². The summed E-state index contributed by atoms with van der Waals surface area (Å²) in [5.74, 6) is 0. The van der Waals surface area contributed by atoms with Gasteiger partial charge in [-0.2, -0.15) is 12.6 Å². The topological polar surface area (TPSA) is 17.1 Å². The Hall–Kier alpha value is 0.370. The molecular formula is C5H10OS2. The number of hydrogen-bond donors (Lipinski definition) is 1. The number of carbonyl (C=O) groups is 1. The van der Waals surface area contributed by atoms with Gasteiger partial charge in [0.1, 0.15) is 10.9 Å². The highest BCUT2D eigenvalue weighted by Crippen LogP contribution is 2.17. The molecule has 0 saturated carbocycles. The number of thiol groups is 1. The Morgan fingerprint density at radius 1 is 1.62 bits per heavy atom. The summed E-state index contributed by atoms with van der Waals surface area (Å²) in [5.41, 5.74) is 0. The largest absolute Gasteiger partial charge is 0.301 e. The van der Waals surface area contributed by atoms with Crippen LogP contribution in [0.1, 0.15) is 13.8 Å². The van der Waals surface area contributed by atoms with E-state index in [1.807, 2.05) is 13.8 Å². The summed E-state index contributed by atoms with van der Waals surface area (Å²) in [7, 11) is 0. The average molecular weight is 150 g/mol. The summed E-state index contributed by atoms with van der Waals surface area (Å²) < 4.78 is -0.144. The lowest BCUT2D eigenvalue weighted by molar-refractivity contribution is -0.106. The third-order valence-corrected chi connectivity index (χ3v) is 1.95. The lowest BCUT2D eigenvalue weighted by Crippen LogP contribution is -1.98. The van der Waals surface area contributed by atoms with Crippen molar-refractivity contribution in [2.75, 3.05) is 0 Å². The highest BCUT2D eigenvalue weighted by Gasteiger charge is 2.01. The summed E-state index contributed by atoms with van der Waals surface area (Å²) in [5, 5.41) is 0.489. The molecule has 0 fully saturated rings. The zero-order chi connectivity index (χ0) is 6.57. The van der Waals surface area contributed by atoms with Crippen LogP contribution in [0.15, 0.2) is 0 Å². The summed E-state index contributed by atoms with van der Waals surface area (Å²) in [6.45, 7) is 4.08. The van der Waals surface area contributed by atoms with Gasteiger partial charge in [0, 0.05) is 5.25 Å². The first-order valence-electron chi connectivity index (χ1n) is 2.45. The van der Waals surface area contributed by atoms with Crippen molar-refractivity contribution in [3.63, 3.8) is 0 Å². The maximum Gasteiger partial charge on any atom is 0.142 e. The first kappa shape index (κ1) is 8.37. The van der Waals surface area contributed by atoms with Crippen molar-refractivity contribution in [3.8, 4) is 0 Å². The fraction of sp³-hybridized carbons (Fsp3) is 0.800. The molecule has 1 nitrogen and oxygen atoms in total. The van der Waals surface area contributed by atoms with Crippen molar-refractivity contribution in [1.29, 1.82) is 0 Å². The van der Waals surface area contributed by atoms with Crippen LogP contribution in [0.3, 0.4) is 0 Å². The molecule has 0 aliphatic heterocycles. The molecule has 0 aliphatic carbocycles. The van der Waals surface area contributed by atoms with Crippen LogP contribution in [-0.2, 0) is 4.79 Å². The molecule has 0 heterocycles. The lowest BCUT2D eigenvalue weighted by Gasteiger charge is -2.04. The van der Waals surface area contributed by atoms with Crippen LogP contribution in [0.25, 0.3) is 0 Å². The SMILES string of the molecule is CC(C)SC(S)C=O. The predicted molar refractivity (Wildman–Crippen MR) is 41.6 cm³/mol. The Bertz CT molecular complexity index is 72.8. The van der Waals surface area contributed by atoms with E-state index in [9.17, 15) is 4.79 Å². The van der Waals surface area contributed by atoms with Crippen molar-refractivity contribution in [3.05, 3.63) is 0 Å². The third-order valence-electron chi connectivity index (χ3n) is 0.528. The third kappa shape index (κ3) is 4.53. The number of aldehydes is 1. The second-order valence-corrected chi connectivity index (χ2v) is 4.34. The molecular weight excluding hydrogens is 140 g/mol. The van der Waals surface area contributed by atoms with Gasteiger partial charge in [0.25, 0.3) is 0 Å². The molecule has 0 aromatic heterocycles. The molecule has 8 heavy (non-hydrogen) atoms. The molecule has 0 spiro atoms. The van der Waals surface area contributed by atoms with E-state index in [0.29, 0.717) is 5.25 Å². The van der Waals surface area contributed by atoms with Crippen molar-refractivity contribution >= 4 is 30.7 Å². The van der Waals surface area contributed by atoms with Crippen LogP contribution in [0.5, 0.6) is 0 Å². The van der Waals surface area contributed by atoms with E-state index in [0.717, 1.165) is 6.29 Å². The van der Waals surface area contributed by atoms with Crippen molar-refractivity contribution < 1.29 is 4.79 Å². The zero-order valence-electron chi connectivity index (χ0n) is 5.00. The molecule has 0 aromatic carbocycles. The minimum Gasteiger partial charge on any atom is -0.301 e. The fourth-order valence-electron chi connectivity index (χ4n) is 0.311. The molecule has 0 radical (unpaired) electrons. The fourth-order valence-corrected chi connectivity index (χ4v) is 1.66. The van der Waals surface area contributed by atoms with E-state index in [1.54, 1.807) is 11.8 Å². The highest BCUT2D eigenvalue weighted by molar-refractivity contribution is 8.11. The molecule has 3 heteroatoms. The average Bonchev–Trinajstić information content (AvgIpc) is 1.65. The molecule has 1 atom stereocenters. The normalized spacial score (nSPS) is 14.0. The van der Waals surface area contributed by atoms with Crippen LogP contribution in [0.2, 0.25) is 0 Å². The summed E-state index contributed by atoms with van der Waals surface area (Å²) in [6.07, 6.45) is 0.841. The van der Waals surface area contributed by atoms with E-state index in [1.165, 1.54) is 0 Å². The molecule has 0 amide bonds. The van der Waals surface area contributed by atoms with Gasteiger partial charge < -0.3 is 4.79 Å². The van der Waals surface area contributed by atoms with Crippen LogP contribution in [0, 0.1) is 0 Å². The molecule has 0 bridgehead atoms. The first-order chi connectivity index (χ1) is 3.66. The van der Waals surface area contributed by atoms with Crippen molar-refractivity contribution in [2.24, 2.45) is 0 Å². The van der Waals surface area contributed by atoms with Gasteiger partial charge in [-0.15, -0.1) is 11.8 Å². The first-order valence-corrected chi connectivity index (χ1v) is 3.91. The van der Waals surface area contributed by atoms with Gasteiger partial charge in [0.2, 0.25) is 0 Å². The smallest absolute Gasteiger partial charge is 0.142 e. The van der Waals surface area contributed by atoms with Gasteiger partial charge in [-0.05, 0) is 0 Å².